The Labute approximate surface area is 187 Å². The summed E-state index contributed by atoms with van der Waals surface area (Å²) in [6.07, 6.45) is 0. The van der Waals surface area contributed by atoms with E-state index in [4.69, 9.17) is 0 Å². The van der Waals surface area contributed by atoms with Gasteiger partial charge in [0.05, 0.1) is 11.7 Å². The van der Waals surface area contributed by atoms with Crippen LogP contribution in [0.1, 0.15) is 34.5 Å². The number of aromatic amines is 1. The molecule has 5 heteroatoms. The largest absolute Gasteiger partial charge is 0.354 e. The number of carbonyl (C=O) groups excluding carboxylic acids is 2. The van der Waals surface area contributed by atoms with Crippen molar-refractivity contribution in [3.05, 3.63) is 95.6 Å². The van der Waals surface area contributed by atoms with E-state index in [0.29, 0.717) is 5.56 Å². The van der Waals surface area contributed by atoms with E-state index < -0.39 is 6.04 Å². The molecule has 0 aliphatic carbocycles. The number of benzene rings is 3. The molecule has 1 aromatic heterocycles. The number of nitrogens with zero attached hydrogens (tertiary/aromatic N) is 2. The van der Waals surface area contributed by atoms with Crippen LogP contribution in [0.15, 0.2) is 78.9 Å². The number of carbonyl (C=O) groups is 2. The highest BCUT2D eigenvalue weighted by Crippen LogP contribution is 2.46. The zero-order chi connectivity index (χ0) is 22.4. The summed E-state index contributed by atoms with van der Waals surface area (Å²) in [6.45, 7) is 1.82. The second-order valence-electron chi connectivity index (χ2n) is 8.44. The second kappa shape index (κ2) is 7.68. The first-order chi connectivity index (χ1) is 15.5. The predicted molar refractivity (Wildman–Crippen MR) is 126 cm³/mol. The minimum Gasteiger partial charge on any atom is -0.354 e. The van der Waals surface area contributed by atoms with E-state index in [9.17, 15) is 9.59 Å². The molecule has 3 aromatic carbocycles. The number of H-pyrrole nitrogens is 1. The Balaban J connectivity index is 1.80. The lowest BCUT2D eigenvalue weighted by Crippen LogP contribution is -2.46. The van der Waals surface area contributed by atoms with Gasteiger partial charge in [-0.25, -0.2) is 0 Å². The van der Waals surface area contributed by atoms with Crippen molar-refractivity contribution in [1.29, 1.82) is 0 Å². The van der Waals surface area contributed by atoms with Crippen LogP contribution in [0.4, 0.5) is 0 Å². The molecule has 160 valence electrons. The summed E-state index contributed by atoms with van der Waals surface area (Å²) < 4.78 is 0. The van der Waals surface area contributed by atoms with Crippen molar-refractivity contribution >= 4 is 22.7 Å². The van der Waals surface area contributed by atoms with Crippen LogP contribution in [-0.2, 0) is 4.79 Å². The first-order valence-corrected chi connectivity index (χ1v) is 10.8. The summed E-state index contributed by atoms with van der Waals surface area (Å²) >= 11 is 0. The molecule has 0 fully saturated rings. The number of amides is 2. The maximum absolute atomic E-state index is 13.6. The first-order valence-electron chi connectivity index (χ1n) is 10.8. The van der Waals surface area contributed by atoms with Gasteiger partial charge in [-0.05, 0) is 30.2 Å². The van der Waals surface area contributed by atoms with E-state index in [1.54, 1.807) is 23.9 Å². The van der Waals surface area contributed by atoms with Crippen LogP contribution in [0.2, 0.25) is 0 Å². The molecule has 1 aliphatic rings. The topological polar surface area (TPSA) is 56.4 Å². The molecule has 0 bridgehead atoms. The molecule has 5 nitrogen and oxygen atoms in total. The van der Waals surface area contributed by atoms with Crippen molar-refractivity contribution in [2.45, 2.75) is 19.0 Å². The lowest BCUT2D eigenvalue weighted by Gasteiger charge is -2.32. The quantitative estimate of drug-likeness (QED) is 0.510. The number of aromatic nitrogens is 1. The van der Waals surface area contributed by atoms with E-state index in [1.165, 1.54) is 0 Å². The van der Waals surface area contributed by atoms with E-state index in [2.05, 4.69) is 23.2 Å². The smallest absolute Gasteiger partial charge is 0.255 e. The van der Waals surface area contributed by atoms with E-state index >= 15 is 0 Å². The summed E-state index contributed by atoms with van der Waals surface area (Å²) in [4.78, 5) is 33.5. The van der Waals surface area contributed by atoms with Gasteiger partial charge in [-0.3, -0.25) is 9.59 Å². The van der Waals surface area contributed by atoms with E-state index in [1.807, 2.05) is 67.6 Å². The van der Waals surface area contributed by atoms with Gasteiger partial charge in [0.25, 0.3) is 5.91 Å². The fourth-order valence-electron chi connectivity index (χ4n) is 4.80. The SMILES string of the molecule is C[C@@H](C(=O)N(C)C)N1C(=O)c2ccccc2[C@@H]1c1c(-c2ccccc2)[nH]c2ccccc12. The maximum Gasteiger partial charge on any atom is 0.255 e. The van der Waals surface area contributed by atoms with Crippen molar-refractivity contribution < 1.29 is 9.59 Å². The third-order valence-electron chi connectivity index (χ3n) is 6.30. The molecule has 0 saturated carbocycles. The normalized spacial score (nSPS) is 16.3. The van der Waals surface area contributed by atoms with Crippen LogP contribution < -0.4 is 0 Å². The van der Waals surface area contributed by atoms with Crippen LogP contribution in [0.25, 0.3) is 22.2 Å². The summed E-state index contributed by atoms with van der Waals surface area (Å²) in [7, 11) is 3.45. The molecule has 32 heavy (non-hydrogen) atoms. The van der Waals surface area contributed by atoms with Gasteiger partial charge >= 0.3 is 0 Å². The number of hydrogen-bond donors (Lipinski definition) is 1. The number of fused-ring (bicyclic) bond motifs is 2. The molecule has 0 saturated heterocycles. The van der Waals surface area contributed by atoms with Gasteiger partial charge in [0.15, 0.2) is 0 Å². The predicted octanol–water partition coefficient (Wildman–Crippen LogP) is 4.86. The number of nitrogens with one attached hydrogen (secondary N) is 1. The van der Waals surface area contributed by atoms with Crippen molar-refractivity contribution in [1.82, 2.24) is 14.8 Å². The van der Waals surface area contributed by atoms with Crippen LogP contribution in [0, 0.1) is 0 Å². The van der Waals surface area contributed by atoms with Crippen molar-refractivity contribution in [3.63, 3.8) is 0 Å². The van der Waals surface area contributed by atoms with Crippen molar-refractivity contribution in [3.8, 4) is 11.3 Å². The summed E-state index contributed by atoms with van der Waals surface area (Å²) in [6, 6.07) is 25.0. The Bertz CT molecular complexity index is 1320. The maximum atomic E-state index is 13.6. The van der Waals surface area contributed by atoms with Gasteiger partial charge in [-0.2, -0.15) is 0 Å². The Morgan fingerprint density at radius 3 is 2.34 bits per heavy atom. The second-order valence-corrected chi connectivity index (χ2v) is 8.44. The van der Waals surface area contributed by atoms with Gasteiger partial charge in [-0.15, -0.1) is 0 Å². The number of rotatable bonds is 4. The molecule has 0 unspecified atom stereocenters. The molecule has 5 rings (SSSR count). The molecule has 1 N–H and O–H groups in total. The zero-order valence-electron chi connectivity index (χ0n) is 18.4. The third kappa shape index (κ3) is 3.01. The van der Waals surface area contributed by atoms with Crippen molar-refractivity contribution in [2.75, 3.05) is 14.1 Å². The highest BCUT2D eigenvalue weighted by Gasteiger charge is 2.44. The van der Waals surface area contributed by atoms with Crippen LogP contribution >= 0.6 is 0 Å². The monoisotopic (exact) mass is 423 g/mol. The standard InChI is InChI=1S/C27H25N3O2/c1-17(26(31)29(2)3)30-25(19-13-7-8-14-20(19)27(30)32)23-21-15-9-10-16-22(21)28-24(23)18-11-5-4-6-12-18/h4-17,25,28H,1-3H3/t17-,25+/m0/s1. The fraction of sp³-hybridized carbons (Fsp3) is 0.185. The number of likely N-dealkylation sites (N-methyl/N-ethyl adjacent to an activating group) is 1. The Morgan fingerprint density at radius 1 is 0.938 bits per heavy atom. The minimum absolute atomic E-state index is 0.0998. The van der Waals surface area contributed by atoms with Gasteiger partial charge in [0, 0.05) is 36.1 Å². The van der Waals surface area contributed by atoms with Crippen LogP contribution in [-0.4, -0.2) is 46.7 Å². The molecule has 0 spiro atoms. The Morgan fingerprint density at radius 2 is 1.59 bits per heavy atom. The third-order valence-corrected chi connectivity index (χ3v) is 6.30. The first kappa shape index (κ1) is 20.1. The van der Waals surface area contributed by atoms with Gasteiger partial charge in [0.2, 0.25) is 5.91 Å². The number of hydrogen-bond acceptors (Lipinski definition) is 2. The average molecular weight is 424 g/mol. The Kier molecular flexibility index (Phi) is 4.82. The summed E-state index contributed by atoms with van der Waals surface area (Å²) in [5.41, 5.74) is 5.61. The number of para-hydroxylation sites is 1. The van der Waals surface area contributed by atoms with Crippen molar-refractivity contribution in [2.24, 2.45) is 0 Å². The lowest BCUT2D eigenvalue weighted by molar-refractivity contribution is -0.133. The highest BCUT2D eigenvalue weighted by atomic mass is 16.2. The van der Waals surface area contributed by atoms with Crippen LogP contribution in [0.3, 0.4) is 0 Å². The Hall–Kier alpha value is -3.86. The zero-order valence-corrected chi connectivity index (χ0v) is 18.4. The van der Waals surface area contributed by atoms with Crippen LogP contribution in [0.5, 0.6) is 0 Å². The molecular weight excluding hydrogens is 398 g/mol. The molecule has 0 radical (unpaired) electrons. The lowest BCUT2D eigenvalue weighted by atomic mass is 9.92. The van der Waals surface area contributed by atoms with Gasteiger partial charge < -0.3 is 14.8 Å². The van der Waals surface area contributed by atoms with Gasteiger partial charge in [-0.1, -0.05) is 66.7 Å². The molecule has 2 heterocycles. The van der Waals surface area contributed by atoms with E-state index in [0.717, 1.165) is 33.3 Å². The molecular formula is C27H25N3O2. The van der Waals surface area contributed by atoms with Gasteiger partial charge in [0.1, 0.15) is 6.04 Å². The molecule has 1 aliphatic heterocycles. The average Bonchev–Trinajstić information content (AvgIpc) is 3.34. The summed E-state index contributed by atoms with van der Waals surface area (Å²) in [5.74, 6) is -0.213. The molecule has 2 atom stereocenters. The fourth-order valence-corrected chi connectivity index (χ4v) is 4.80. The van der Waals surface area contributed by atoms with E-state index in [-0.39, 0.29) is 17.9 Å². The summed E-state index contributed by atoms with van der Waals surface area (Å²) in [5, 5.41) is 1.05. The highest BCUT2D eigenvalue weighted by molar-refractivity contribution is 6.04. The minimum atomic E-state index is -0.604. The molecule has 4 aromatic rings. The molecule has 2 amide bonds.